The van der Waals surface area contributed by atoms with E-state index in [-0.39, 0.29) is 5.54 Å². The molecular weight excluding hydrogens is 392 g/mol. The van der Waals surface area contributed by atoms with E-state index in [1.165, 1.54) is 29.7 Å². The predicted molar refractivity (Wildman–Crippen MR) is 121 cm³/mol. The lowest BCUT2D eigenvalue weighted by Crippen LogP contribution is -2.40. The van der Waals surface area contributed by atoms with E-state index in [1.54, 1.807) is 0 Å². The lowest BCUT2D eigenvalue weighted by atomic mass is 9.94. The number of hydrogen-bond acceptors (Lipinski definition) is 5. The molecule has 1 heterocycles. The molecule has 1 aliphatic carbocycles. The number of anilines is 1. The van der Waals surface area contributed by atoms with Gasteiger partial charge in [-0.15, -0.1) is 0 Å². The fourth-order valence-electron chi connectivity index (χ4n) is 3.26. The number of rotatable bonds is 9. The zero-order valence-electron chi connectivity index (χ0n) is 17.9. The molecule has 0 aliphatic heterocycles. The van der Waals surface area contributed by atoms with E-state index in [0.717, 1.165) is 35.1 Å². The van der Waals surface area contributed by atoms with Crippen molar-refractivity contribution >= 4 is 5.69 Å². The van der Waals surface area contributed by atoms with Crippen molar-refractivity contribution in [1.29, 1.82) is 0 Å². The molecule has 0 spiro atoms. The number of hydrogen-bond donors (Lipinski definition) is 3. The number of aromatic amines is 1. The maximum absolute atomic E-state index is 11.9. The van der Waals surface area contributed by atoms with Gasteiger partial charge in [0, 0.05) is 18.3 Å². The predicted octanol–water partition coefficient (Wildman–Crippen LogP) is 3.23. The van der Waals surface area contributed by atoms with Gasteiger partial charge in [-0.1, -0.05) is 30.3 Å². The highest BCUT2D eigenvalue weighted by Gasteiger charge is 2.22. The SMILES string of the molecule is CC(C)(NNc1cccc(OCC2CC2)c1)c1ccc(Cn2ccc(=O)[nH]c2=O)cc1. The number of nitrogens with one attached hydrogen (secondary N) is 3. The van der Waals surface area contributed by atoms with E-state index in [9.17, 15) is 9.59 Å². The van der Waals surface area contributed by atoms with Crippen LogP contribution in [0.1, 0.15) is 37.8 Å². The van der Waals surface area contributed by atoms with Gasteiger partial charge in [-0.05, 0) is 55.9 Å². The van der Waals surface area contributed by atoms with E-state index >= 15 is 0 Å². The molecule has 1 fully saturated rings. The minimum Gasteiger partial charge on any atom is -0.493 e. The number of H-pyrrole nitrogens is 1. The van der Waals surface area contributed by atoms with Gasteiger partial charge < -0.3 is 10.2 Å². The van der Waals surface area contributed by atoms with Crippen molar-refractivity contribution in [1.82, 2.24) is 15.0 Å². The van der Waals surface area contributed by atoms with Crippen molar-refractivity contribution in [2.24, 2.45) is 5.92 Å². The van der Waals surface area contributed by atoms with E-state index < -0.39 is 11.2 Å². The van der Waals surface area contributed by atoms with Crippen LogP contribution in [0, 0.1) is 5.92 Å². The van der Waals surface area contributed by atoms with Gasteiger partial charge in [0.2, 0.25) is 0 Å². The van der Waals surface area contributed by atoms with Gasteiger partial charge in [0.15, 0.2) is 0 Å². The quantitative estimate of drug-likeness (QED) is 0.463. The Morgan fingerprint density at radius 2 is 1.87 bits per heavy atom. The maximum atomic E-state index is 11.9. The smallest absolute Gasteiger partial charge is 0.328 e. The number of hydrazine groups is 1. The highest BCUT2D eigenvalue weighted by Crippen LogP contribution is 2.30. The van der Waals surface area contributed by atoms with E-state index in [0.29, 0.717) is 6.54 Å². The van der Waals surface area contributed by atoms with Crippen LogP contribution in [0.5, 0.6) is 5.75 Å². The van der Waals surface area contributed by atoms with Gasteiger partial charge >= 0.3 is 5.69 Å². The van der Waals surface area contributed by atoms with Crippen LogP contribution in [0.15, 0.2) is 70.4 Å². The Morgan fingerprint density at radius 1 is 1.10 bits per heavy atom. The van der Waals surface area contributed by atoms with Crippen molar-refractivity contribution in [2.45, 2.75) is 38.8 Å². The molecular formula is C24H28N4O3. The van der Waals surface area contributed by atoms with Gasteiger partial charge in [-0.2, -0.15) is 0 Å². The van der Waals surface area contributed by atoms with Gasteiger partial charge in [0.1, 0.15) is 5.75 Å². The van der Waals surface area contributed by atoms with Crippen molar-refractivity contribution < 1.29 is 4.74 Å². The highest BCUT2D eigenvalue weighted by atomic mass is 16.5. The molecule has 1 aliphatic rings. The third-order valence-electron chi connectivity index (χ3n) is 5.46. The molecule has 31 heavy (non-hydrogen) atoms. The van der Waals surface area contributed by atoms with E-state index in [1.807, 2.05) is 48.5 Å². The standard InChI is InChI=1S/C24H28N4O3/c1-24(2,27-26-20-4-3-5-21(14-20)31-16-18-6-7-18)19-10-8-17(9-11-19)15-28-13-12-22(29)25-23(28)30/h3-5,8-14,18,26-27H,6-7,15-16H2,1-2H3,(H,25,29,30). The van der Waals surface area contributed by atoms with Crippen molar-refractivity contribution in [3.63, 3.8) is 0 Å². The summed E-state index contributed by atoms with van der Waals surface area (Å²) in [6, 6.07) is 17.4. The monoisotopic (exact) mass is 420 g/mol. The second-order valence-corrected chi connectivity index (χ2v) is 8.59. The Hall–Kier alpha value is -3.32. The normalized spacial score (nSPS) is 13.7. The van der Waals surface area contributed by atoms with Crippen LogP contribution >= 0.6 is 0 Å². The second kappa shape index (κ2) is 8.81. The van der Waals surface area contributed by atoms with E-state index in [2.05, 4.69) is 29.7 Å². The summed E-state index contributed by atoms with van der Waals surface area (Å²) in [5.74, 6) is 1.60. The van der Waals surface area contributed by atoms with E-state index in [4.69, 9.17) is 4.74 Å². The Morgan fingerprint density at radius 3 is 2.58 bits per heavy atom. The molecule has 7 heteroatoms. The zero-order valence-corrected chi connectivity index (χ0v) is 17.9. The molecule has 0 bridgehead atoms. The number of ether oxygens (including phenoxy) is 1. The summed E-state index contributed by atoms with van der Waals surface area (Å²) in [5, 5.41) is 0. The van der Waals surface area contributed by atoms with Crippen LogP contribution in [-0.2, 0) is 12.1 Å². The third-order valence-corrected chi connectivity index (χ3v) is 5.46. The first-order valence-electron chi connectivity index (χ1n) is 10.5. The van der Waals surface area contributed by atoms with Crippen LogP contribution in [0.2, 0.25) is 0 Å². The van der Waals surface area contributed by atoms with Crippen LogP contribution in [0.3, 0.4) is 0 Å². The summed E-state index contributed by atoms with van der Waals surface area (Å²) in [6.07, 6.45) is 4.05. The van der Waals surface area contributed by atoms with Crippen LogP contribution < -0.4 is 26.8 Å². The van der Waals surface area contributed by atoms with Crippen molar-refractivity contribution in [3.8, 4) is 5.75 Å². The molecule has 7 nitrogen and oxygen atoms in total. The average Bonchev–Trinajstić information content (AvgIpc) is 3.58. The van der Waals surface area contributed by atoms with Crippen LogP contribution in [0.4, 0.5) is 5.69 Å². The molecule has 0 saturated heterocycles. The van der Waals surface area contributed by atoms with Gasteiger partial charge in [0.05, 0.1) is 24.4 Å². The fourth-order valence-corrected chi connectivity index (χ4v) is 3.26. The molecule has 162 valence electrons. The molecule has 4 rings (SSSR count). The molecule has 3 N–H and O–H groups in total. The first-order chi connectivity index (χ1) is 14.9. The Kier molecular flexibility index (Phi) is 5.95. The Bertz CT molecular complexity index is 1140. The van der Waals surface area contributed by atoms with Crippen molar-refractivity contribution in [3.05, 3.63) is 92.8 Å². The Balaban J connectivity index is 1.37. The number of aromatic nitrogens is 2. The molecule has 0 unspecified atom stereocenters. The average molecular weight is 421 g/mol. The molecule has 0 atom stereocenters. The summed E-state index contributed by atoms with van der Waals surface area (Å²) in [6.45, 7) is 5.37. The Labute approximate surface area is 181 Å². The van der Waals surface area contributed by atoms with Gasteiger partial charge in [0.25, 0.3) is 5.56 Å². The van der Waals surface area contributed by atoms with Gasteiger partial charge in [-0.3, -0.25) is 14.3 Å². The topological polar surface area (TPSA) is 88.2 Å². The lowest BCUT2D eigenvalue weighted by molar-refractivity contribution is 0.300. The summed E-state index contributed by atoms with van der Waals surface area (Å²) in [4.78, 5) is 25.3. The van der Waals surface area contributed by atoms with Crippen LogP contribution in [0.25, 0.3) is 0 Å². The number of benzene rings is 2. The third kappa shape index (κ3) is 5.64. The van der Waals surface area contributed by atoms with Crippen molar-refractivity contribution in [2.75, 3.05) is 12.0 Å². The van der Waals surface area contributed by atoms with Crippen LogP contribution in [-0.4, -0.2) is 16.2 Å². The fraction of sp³-hybridized carbons (Fsp3) is 0.333. The zero-order chi connectivity index (χ0) is 21.8. The second-order valence-electron chi connectivity index (χ2n) is 8.59. The molecule has 1 saturated carbocycles. The lowest BCUT2D eigenvalue weighted by Gasteiger charge is -2.28. The van der Waals surface area contributed by atoms with Gasteiger partial charge in [-0.25, -0.2) is 10.2 Å². The minimum atomic E-state index is -0.411. The largest absolute Gasteiger partial charge is 0.493 e. The minimum absolute atomic E-state index is 0.335. The summed E-state index contributed by atoms with van der Waals surface area (Å²) >= 11 is 0. The first-order valence-corrected chi connectivity index (χ1v) is 10.5. The molecule has 1 aromatic heterocycles. The molecule has 0 radical (unpaired) electrons. The summed E-state index contributed by atoms with van der Waals surface area (Å²) in [5.41, 5.74) is 8.54. The summed E-state index contributed by atoms with van der Waals surface area (Å²) in [7, 11) is 0. The molecule has 2 aromatic carbocycles. The first kappa shape index (κ1) is 20.9. The molecule has 0 amide bonds. The maximum Gasteiger partial charge on any atom is 0.328 e. The highest BCUT2D eigenvalue weighted by molar-refractivity contribution is 5.47. The summed E-state index contributed by atoms with van der Waals surface area (Å²) < 4.78 is 7.32. The molecule has 3 aromatic rings. The number of nitrogens with zero attached hydrogens (tertiary/aromatic N) is 1.